The standard InChI is InChI=1S/C34H47NO4/c1-2-3-13-22-38-23-14-5-4-12-21-35(25-29-15-8-6-9-16-29)26-33(37)31-19-20-34(32(24-31)27-36)39-28-30-17-10-7-11-18-30/h6-11,15-20,24,33,36-37H,2-5,12-14,21-23,25-28H2,1H3. The largest absolute Gasteiger partial charge is 0.489 e. The van der Waals surface area contributed by atoms with E-state index in [-0.39, 0.29) is 6.61 Å². The number of rotatable bonds is 20. The molecule has 0 saturated heterocycles. The number of nitrogens with zero attached hydrogens (tertiary/aromatic N) is 1. The van der Waals surface area contributed by atoms with Crippen LogP contribution in [0, 0.1) is 0 Å². The van der Waals surface area contributed by atoms with Gasteiger partial charge in [0.15, 0.2) is 0 Å². The Bertz CT molecular complexity index is 1030. The van der Waals surface area contributed by atoms with Gasteiger partial charge in [-0.15, -0.1) is 0 Å². The van der Waals surface area contributed by atoms with Gasteiger partial charge in [-0.1, -0.05) is 99.3 Å². The highest BCUT2D eigenvalue weighted by Crippen LogP contribution is 2.26. The summed E-state index contributed by atoms with van der Waals surface area (Å²) in [6, 6.07) is 26.0. The van der Waals surface area contributed by atoms with Crippen LogP contribution in [-0.2, 0) is 24.5 Å². The normalized spacial score (nSPS) is 12.1. The van der Waals surface area contributed by atoms with Crippen LogP contribution < -0.4 is 4.74 Å². The molecule has 0 heterocycles. The molecular formula is C34H47NO4. The molecule has 39 heavy (non-hydrogen) atoms. The minimum Gasteiger partial charge on any atom is -0.489 e. The Hall–Kier alpha value is -2.70. The number of ether oxygens (including phenoxy) is 2. The summed E-state index contributed by atoms with van der Waals surface area (Å²) in [5, 5.41) is 21.1. The summed E-state index contributed by atoms with van der Waals surface area (Å²) in [6.07, 6.45) is 7.50. The monoisotopic (exact) mass is 533 g/mol. The Morgan fingerprint density at radius 1 is 0.769 bits per heavy atom. The average molecular weight is 534 g/mol. The van der Waals surface area contributed by atoms with E-state index < -0.39 is 6.10 Å². The maximum Gasteiger partial charge on any atom is 0.125 e. The molecule has 212 valence electrons. The predicted molar refractivity (Wildman–Crippen MR) is 159 cm³/mol. The fraction of sp³-hybridized carbons (Fsp3) is 0.471. The molecule has 1 unspecified atom stereocenters. The number of aliphatic hydroxyl groups is 2. The van der Waals surface area contributed by atoms with E-state index in [9.17, 15) is 10.2 Å². The fourth-order valence-electron chi connectivity index (χ4n) is 4.68. The van der Waals surface area contributed by atoms with E-state index in [1.54, 1.807) is 0 Å². The van der Waals surface area contributed by atoms with E-state index in [2.05, 4.69) is 36.1 Å². The first kappa shape index (κ1) is 30.8. The molecule has 0 fully saturated rings. The predicted octanol–water partition coefficient (Wildman–Crippen LogP) is 7.06. The number of hydrogen-bond donors (Lipinski definition) is 2. The molecule has 0 aliphatic heterocycles. The summed E-state index contributed by atoms with van der Waals surface area (Å²) in [5.74, 6) is 0.646. The van der Waals surface area contributed by atoms with Gasteiger partial charge in [0.05, 0.1) is 12.7 Å². The smallest absolute Gasteiger partial charge is 0.125 e. The second-order valence-electron chi connectivity index (χ2n) is 10.3. The SMILES string of the molecule is CCCCCOCCCCCCN(Cc1ccccc1)CC(O)c1ccc(OCc2ccccc2)c(CO)c1. The summed E-state index contributed by atoms with van der Waals surface area (Å²) in [6.45, 7) is 6.50. The lowest BCUT2D eigenvalue weighted by Crippen LogP contribution is -2.29. The van der Waals surface area contributed by atoms with Gasteiger partial charge < -0.3 is 19.7 Å². The Morgan fingerprint density at radius 3 is 2.13 bits per heavy atom. The molecule has 0 aliphatic rings. The first-order chi connectivity index (χ1) is 19.2. The van der Waals surface area contributed by atoms with Crippen LogP contribution in [0.1, 0.15) is 80.2 Å². The van der Waals surface area contributed by atoms with Crippen molar-refractivity contribution in [2.24, 2.45) is 0 Å². The Kier molecular flexibility index (Phi) is 14.7. The minimum atomic E-state index is -0.654. The first-order valence-corrected chi connectivity index (χ1v) is 14.6. The lowest BCUT2D eigenvalue weighted by Gasteiger charge is -2.26. The van der Waals surface area contributed by atoms with Gasteiger partial charge in [0.25, 0.3) is 0 Å². The third kappa shape index (κ3) is 11.9. The second-order valence-corrected chi connectivity index (χ2v) is 10.3. The summed E-state index contributed by atoms with van der Waals surface area (Å²) in [5.41, 5.74) is 3.80. The first-order valence-electron chi connectivity index (χ1n) is 14.6. The zero-order chi connectivity index (χ0) is 27.5. The summed E-state index contributed by atoms with van der Waals surface area (Å²) >= 11 is 0. The molecule has 2 N–H and O–H groups in total. The van der Waals surface area contributed by atoms with E-state index in [4.69, 9.17) is 9.47 Å². The number of aliphatic hydroxyl groups excluding tert-OH is 2. The van der Waals surface area contributed by atoms with E-state index in [1.807, 2.05) is 54.6 Å². The van der Waals surface area contributed by atoms with Crippen molar-refractivity contribution in [3.05, 3.63) is 101 Å². The lowest BCUT2D eigenvalue weighted by atomic mass is 10.0. The van der Waals surface area contributed by atoms with Crippen LogP contribution >= 0.6 is 0 Å². The molecule has 1 atom stereocenters. The molecule has 0 amide bonds. The van der Waals surface area contributed by atoms with Crippen molar-refractivity contribution in [3.63, 3.8) is 0 Å². The van der Waals surface area contributed by atoms with Gasteiger partial charge in [-0.25, -0.2) is 0 Å². The van der Waals surface area contributed by atoms with Gasteiger partial charge in [0.2, 0.25) is 0 Å². The van der Waals surface area contributed by atoms with Crippen molar-refractivity contribution < 1.29 is 19.7 Å². The molecule has 0 saturated carbocycles. The van der Waals surface area contributed by atoms with Gasteiger partial charge >= 0.3 is 0 Å². The van der Waals surface area contributed by atoms with Crippen molar-refractivity contribution in [1.82, 2.24) is 4.90 Å². The van der Waals surface area contributed by atoms with Crippen LogP contribution in [0.5, 0.6) is 5.75 Å². The van der Waals surface area contributed by atoms with Crippen LogP contribution in [0.3, 0.4) is 0 Å². The van der Waals surface area contributed by atoms with E-state index in [1.165, 1.54) is 24.8 Å². The minimum absolute atomic E-state index is 0.138. The molecule has 3 aromatic rings. The Balaban J connectivity index is 1.51. The summed E-state index contributed by atoms with van der Waals surface area (Å²) in [7, 11) is 0. The molecular weight excluding hydrogens is 486 g/mol. The highest BCUT2D eigenvalue weighted by Gasteiger charge is 2.16. The van der Waals surface area contributed by atoms with Crippen molar-refractivity contribution in [2.75, 3.05) is 26.3 Å². The van der Waals surface area contributed by atoms with Crippen LogP contribution in [-0.4, -0.2) is 41.4 Å². The molecule has 5 heteroatoms. The maximum absolute atomic E-state index is 11.2. The zero-order valence-electron chi connectivity index (χ0n) is 23.6. The summed E-state index contributed by atoms with van der Waals surface area (Å²) in [4.78, 5) is 2.33. The molecule has 0 radical (unpaired) electrons. The van der Waals surface area contributed by atoms with E-state index in [0.29, 0.717) is 24.5 Å². The molecule has 0 aromatic heterocycles. The van der Waals surface area contributed by atoms with Gasteiger partial charge in [-0.3, -0.25) is 4.90 Å². The Morgan fingerprint density at radius 2 is 1.44 bits per heavy atom. The molecule has 5 nitrogen and oxygen atoms in total. The lowest BCUT2D eigenvalue weighted by molar-refractivity contribution is 0.106. The van der Waals surface area contributed by atoms with Crippen LogP contribution in [0.4, 0.5) is 0 Å². The van der Waals surface area contributed by atoms with Crippen LogP contribution in [0.15, 0.2) is 78.9 Å². The van der Waals surface area contributed by atoms with E-state index >= 15 is 0 Å². The summed E-state index contributed by atoms with van der Waals surface area (Å²) < 4.78 is 11.7. The topological polar surface area (TPSA) is 62.2 Å². The van der Waals surface area contributed by atoms with Crippen LogP contribution in [0.2, 0.25) is 0 Å². The van der Waals surface area contributed by atoms with Gasteiger partial charge in [-0.05, 0) is 54.6 Å². The highest BCUT2D eigenvalue weighted by molar-refractivity contribution is 5.38. The van der Waals surface area contributed by atoms with E-state index in [0.717, 1.165) is 63.1 Å². The van der Waals surface area contributed by atoms with Gasteiger partial charge in [-0.2, -0.15) is 0 Å². The average Bonchev–Trinajstić information content (AvgIpc) is 2.98. The zero-order valence-corrected chi connectivity index (χ0v) is 23.6. The molecule has 3 rings (SSSR count). The number of hydrogen-bond acceptors (Lipinski definition) is 5. The third-order valence-corrected chi connectivity index (χ3v) is 6.96. The van der Waals surface area contributed by atoms with Gasteiger partial charge in [0.1, 0.15) is 12.4 Å². The molecule has 0 aliphatic carbocycles. The highest BCUT2D eigenvalue weighted by atomic mass is 16.5. The maximum atomic E-state index is 11.2. The number of benzene rings is 3. The van der Waals surface area contributed by atoms with Gasteiger partial charge in [0, 0.05) is 31.9 Å². The molecule has 0 spiro atoms. The fourth-order valence-corrected chi connectivity index (χ4v) is 4.68. The third-order valence-electron chi connectivity index (χ3n) is 6.96. The van der Waals surface area contributed by atoms with Crippen molar-refractivity contribution in [2.45, 2.75) is 77.7 Å². The van der Waals surface area contributed by atoms with Crippen molar-refractivity contribution >= 4 is 0 Å². The van der Waals surface area contributed by atoms with Crippen LogP contribution in [0.25, 0.3) is 0 Å². The number of unbranched alkanes of at least 4 members (excludes halogenated alkanes) is 5. The van der Waals surface area contributed by atoms with Crippen molar-refractivity contribution in [1.29, 1.82) is 0 Å². The molecule has 3 aromatic carbocycles. The Labute approximate surface area is 235 Å². The quantitative estimate of drug-likeness (QED) is 0.152. The second kappa shape index (κ2) is 18.6. The van der Waals surface area contributed by atoms with Crippen molar-refractivity contribution in [3.8, 4) is 5.75 Å². The molecule has 0 bridgehead atoms.